The van der Waals surface area contributed by atoms with Crippen molar-refractivity contribution in [3.63, 3.8) is 0 Å². The van der Waals surface area contributed by atoms with Gasteiger partial charge in [0.1, 0.15) is 5.52 Å². The molecule has 2 aromatic rings. The molecular formula is C21H29N5O3. The van der Waals surface area contributed by atoms with E-state index in [0.29, 0.717) is 38.7 Å². The highest BCUT2D eigenvalue weighted by Gasteiger charge is 2.32. The summed E-state index contributed by atoms with van der Waals surface area (Å²) in [5.41, 5.74) is 7.72. The van der Waals surface area contributed by atoms with Crippen molar-refractivity contribution >= 4 is 28.9 Å². The van der Waals surface area contributed by atoms with Gasteiger partial charge in [-0.15, -0.1) is 0 Å². The molecule has 0 bridgehead atoms. The number of para-hydroxylation sites is 2. The lowest BCUT2D eigenvalue weighted by molar-refractivity contribution is -0.137. The third kappa shape index (κ3) is 4.37. The lowest BCUT2D eigenvalue weighted by Gasteiger charge is -2.28. The van der Waals surface area contributed by atoms with Gasteiger partial charge in [0.2, 0.25) is 11.8 Å². The Morgan fingerprint density at radius 2 is 1.90 bits per heavy atom. The average molecular weight is 399 g/mol. The highest BCUT2D eigenvalue weighted by Crippen LogP contribution is 2.24. The zero-order chi connectivity index (χ0) is 20.4. The van der Waals surface area contributed by atoms with Crippen molar-refractivity contribution in [3.8, 4) is 0 Å². The number of anilines is 1. The maximum atomic E-state index is 13.2. The first-order valence-corrected chi connectivity index (χ1v) is 10.4. The Bertz CT molecular complexity index is 849. The fourth-order valence-electron chi connectivity index (χ4n) is 4.26. The molecule has 156 valence electrons. The summed E-state index contributed by atoms with van der Waals surface area (Å²) in [6, 6.07) is 8.29. The summed E-state index contributed by atoms with van der Waals surface area (Å²) in [6.45, 7) is 5.35. The van der Waals surface area contributed by atoms with Gasteiger partial charge in [0.15, 0.2) is 5.58 Å². The van der Waals surface area contributed by atoms with Crippen molar-refractivity contribution in [2.24, 2.45) is 11.7 Å². The van der Waals surface area contributed by atoms with E-state index in [0.717, 1.165) is 36.9 Å². The summed E-state index contributed by atoms with van der Waals surface area (Å²) in [5, 5.41) is 0. The van der Waals surface area contributed by atoms with Crippen LogP contribution in [0.2, 0.25) is 0 Å². The van der Waals surface area contributed by atoms with Crippen LogP contribution >= 0.6 is 0 Å². The van der Waals surface area contributed by atoms with Gasteiger partial charge in [-0.25, -0.2) is 0 Å². The quantitative estimate of drug-likeness (QED) is 0.821. The molecular weight excluding hydrogens is 370 g/mol. The van der Waals surface area contributed by atoms with E-state index in [4.69, 9.17) is 10.2 Å². The predicted molar refractivity (Wildman–Crippen MR) is 110 cm³/mol. The van der Waals surface area contributed by atoms with E-state index in [1.807, 2.05) is 29.2 Å². The van der Waals surface area contributed by atoms with E-state index in [9.17, 15) is 9.59 Å². The van der Waals surface area contributed by atoms with Crippen LogP contribution in [0, 0.1) is 5.92 Å². The number of fused-ring (bicyclic) bond motifs is 1. The second-order valence-corrected chi connectivity index (χ2v) is 8.09. The average Bonchev–Trinajstić information content (AvgIpc) is 2.86. The first-order valence-electron chi connectivity index (χ1n) is 10.4. The summed E-state index contributed by atoms with van der Waals surface area (Å²) in [6.07, 6.45) is 2.35. The predicted octanol–water partition coefficient (Wildman–Crippen LogP) is 1.45. The number of likely N-dealkylation sites (tertiary alicyclic amines) is 1. The Hall–Kier alpha value is -2.61. The number of hydrogen-bond donors (Lipinski definition) is 1. The van der Waals surface area contributed by atoms with Crippen LogP contribution in [-0.2, 0) is 9.59 Å². The minimum atomic E-state index is -0.177. The Morgan fingerprint density at radius 3 is 2.69 bits per heavy atom. The van der Waals surface area contributed by atoms with Crippen LogP contribution in [-0.4, -0.2) is 71.9 Å². The Morgan fingerprint density at radius 1 is 1.07 bits per heavy atom. The standard InChI is InChI=1S/C21H29N5O3/c1-15(27)26-13-16(7-8-17(22)14-26)20(28)24-9-4-10-25(12-11-24)21-23-18-5-2-3-6-19(18)29-21/h2-3,5-6,16-17H,4,7-14,22H2,1H3/t16-,17+/m1/s1. The molecule has 2 saturated heterocycles. The monoisotopic (exact) mass is 399 g/mol. The van der Waals surface area contributed by atoms with Crippen molar-refractivity contribution in [1.29, 1.82) is 0 Å². The van der Waals surface area contributed by atoms with E-state index in [1.54, 1.807) is 11.8 Å². The van der Waals surface area contributed by atoms with Gasteiger partial charge >= 0.3 is 0 Å². The maximum absolute atomic E-state index is 13.2. The minimum Gasteiger partial charge on any atom is -0.423 e. The van der Waals surface area contributed by atoms with Crippen molar-refractivity contribution in [2.75, 3.05) is 44.2 Å². The molecule has 2 atom stereocenters. The summed E-state index contributed by atoms with van der Waals surface area (Å²) in [7, 11) is 0. The number of nitrogens with zero attached hydrogens (tertiary/aromatic N) is 4. The molecule has 2 aliphatic rings. The van der Waals surface area contributed by atoms with E-state index < -0.39 is 0 Å². The molecule has 2 fully saturated rings. The van der Waals surface area contributed by atoms with Crippen molar-refractivity contribution < 1.29 is 14.0 Å². The number of carbonyl (C=O) groups is 2. The fraction of sp³-hybridized carbons (Fsp3) is 0.571. The molecule has 0 saturated carbocycles. The fourth-order valence-corrected chi connectivity index (χ4v) is 4.26. The van der Waals surface area contributed by atoms with Crippen LogP contribution in [0.5, 0.6) is 0 Å². The normalized spacial score (nSPS) is 23.7. The molecule has 3 heterocycles. The summed E-state index contributed by atoms with van der Waals surface area (Å²) in [4.78, 5) is 35.5. The first-order chi connectivity index (χ1) is 14.0. The van der Waals surface area contributed by atoms with Crippen LogP contribution in [0.4, 0.5) is 6.01 Å². The lowest BCUT2D eigenvalue weighted by Crippen LogP contribution is -2.44. The van der Waals surface area contributed by atoms with Gasteiger partial charge in [-0.2, -0.15) is 4.98 Å². The van der Waals surface area contributed by atoms with Crippen LogP contribution in [0.15, 0.2) is 28.7 Å². The molecule has 0 unspecified atom stereocenters. The molecule has 0 spiro atoms. The Kier molecular flexibility index (Phi) is 5.71. The topological polar surface area (TPSA) is 95.9 Å². The minimum absolute atomic E-state index is 0.0156. The SMILES string of the molecule is CC(=O)N1C[C@@H](N)CC[C@@H](C(=O)N2CCCN(c3nc4ccccc4o3)CC2)C1. The van der Waals surface area contributed by atoms with Crippen LogP contribution in [0.3, 0.4) is 0 Å². The number of rotatable bonds is 2. The molecule has 1 aromatic carbocycles. The molecule has 2 N–H and O–H groups in total. The van der Waals surface area contributed by atoms with Gasteiger partial charge in [0.25, 0.3) is 6.01 Å². The second-order valence-electron chi connectivity index (χ2n) is 8.09. The lowest BCUT2D eigenvalue weighted by atomic mass is 10.0. The summed E-state index contributed by atoms with van der Waals surface area (Å²) >= 11 is 0. The Balaban J connectivity index is 1.42. The largest absolute Gasteiger partial charge is 0.423 e. The number of carbonyl (C=O) groups excluding carboxylic acids is 2. The second kappa shape index (κ2) is 8.41. The molecule has 1 aromatic heterocycles. The third-order valence-electron chi connectivity index (χ3n) is 5.94. The van der Waals surface area contributed by atoms with Gasteiger partial charge in [-0.05, 0) is 31.4 Å². The summed E-state index contributed by atoms with van der Waals surface area (Å²) in [5.74, 6) is -0.0637. The van der Waals surface area contributed by atoms with E-state index >= 15 is 0 Å². The van der Waals surface area contributed by atoms with Crippen LogP contribution in [0.25, 0.3) is 11.1 Å². The molecule has 0 aliphatic carbocycles. The third-order valence-corrected chi connectivity index (χ3v) is 5.94. The number of amides is 2. The number of hydrogen-bond acceptors (Lipinski definition) is 6. The number of oxazole rings is 1. The molecule has 0 radical (unpaired) electrons. The Labute approximate surface area is 170 Å². The molecule has 2 amide bonds. The van der Waals surface area contributed by atoms with E-state index in [2.05, 4.69) is 9.88 Å². The summed E-state index contributed by atoms with van der Waals surface area (Å²) < 4.78 is 5.90. The molecule has 2 aliphatic heterocycles. The van der Waals surface area contributed by atoms with Gasteiger partial charge in [0.05, 0.1) is 5.92 Å². The van der Waals surface area contributed by atoms with Gasteiger partial charge in [-0.3, -0.25) is 9.59 Å². The molecule has 29 heavy (non-hydrogen) atoms. The van der Waals surface area contributed by atoms with E-state index in [1.165, 1.54) is 0 Å². The molecule has 4 rings (SSSR count). The first kappa shape index (κ1) is 19.7. The van der Waals surface area contributed by atoms with Crippen LogP contribution < -0.4 is 10.6 Å². The zero-order valence-electron chi connectivity index (χ0n) is 16.9. The smallest absolute Gasteiger partial charge is 0.298 e. The highest BCUT2D eigenvalue weighted by atomic mass is 16.4. The van der Waals surface area contributed by atoms with Gasteiger partial charge in [0, 0.05) is 52.2 Å². The number of benzene rings is 1. The van der Waals surface area contributed by atoms with Crippen molar-refractivity contribution in [3.05, 3.63) is 24.3 Å². The van der Waals surface area contributed by atoms with Gasteiger partial charge < -0.3 is 24.9 Å². The van der Waals surface area contributed by atoms with Crippen molar-refractivity contribution in [2.45, 2.75) is 32.2 Å². The molecule has 8 nitrogen and oxygen atoms in total. The zero-order valence-corrected chi connectivity index (χ0v) is 16.9. The van der Waals surface area contributed by atoms with Gasteiger partial charge in [-0.1, -0.05) is 12.1 Å². The maximum Gasteiger partial charge on any atom is 0.298 e. The number of nitrogens with two attached hydrogens (primary N) is 1. The van der Waals surface area contributed by atoms with Crippen LogP contribution in [0.1, 0.15) is 26.2 Å². The molecule has 8 heteroatoms. The van der Waals surface area contributed by atoms with E-state index in [-0.39, 0.29) is 23.8 Å². The van der Waals surface area contributed by atoms with Crippen molar-refractivity contribution in [1.82, 2.24) is 14.8 Å². The number of aromatic nitrogens is 1. The highest BCUT2D eigenvalue weighted by molar-refractivity contribution is 5.81.